The predicted octanol–water partition coefficient (Wildman–Crippen LogP) is 1.96. The van der Waals surface area contributed by atoms with Gasteiger partial charge in [-0.3, -0.25) is 9.80 Å². The number of aromatic nitrogens is 2. The van der Waals surface area contributed by atoms with Gasteiger partial charge in [0.2, 0.25) is 0 Å². The number of hydrogen-bond donors (Lipinski definition) is 2. The van der Waals surface area contributed by atoms with Gasteiger partial charge in [0, 0.05) is 32.7 Å². The monoisotopic (exact) mass is 610 g/mol. The van der Waals surface area contributed by atoms with Crippen molar-refractivity contribution in [1.82, 2.24) is 19.8 Å². The van der Waals surface area contributed by atoms with E-state index in [9.17, 15) is 19.8 Å². The number of aliphatic hydroxyl groups is 2. The van der Waals surface area contributed by atoms with E-state index in [1.54, 1.807) is 24.3 Å². The van der Waals surface area contributed by atoms with Gasteiger partial charge in [-0.25, -0.2) is 19.6 Å². The summed E-state index contributed by atoms with van der Waals surface area (Å²) in [6.07, 6.45) is 0. The van der Waals surface area contributed by atoms with Gasteiger partial charge in [0.25, 0.3) is 0 Å². The van der Waals surface area contributed by atoms with E-state index in [0.717, 1.165) is 5.56 Å². The zero-order valence-electron chi connectivity index (χ0n) is 25.3. The van der Waals surface area contributed by atoms with Crippen molar-refractivity contribution in [1.29, 1.82) is 0 Å². The normalized spacial score (nSPS) is 12.0. The maximum Gasteiger partial charge on any atom is 0.356 e. The van der Waals surface area contributed by atoms with Crippen molar-refractivity contribution in [2.24, 2.45) is 0 Å². The highest BCUT2D eigenvalue weighted by molar-refractivity contribution is 5.87. The molecular formula is C32H42N4O8. The first-order valence-electron chi connectivity index (χ1n) is 14.5. The second kappa shape index (κ2) is 19.5. The minimum atomic E-state index is -0.514. The van der Waals surface area contributed by atoms with Gasteiger partial charge >= 0.3 is 11.9 Å². The second-order valence-electron chi connectivity index (χ2n) is 9.74. The average molecular weight is 611 g/mol. The van der Waals surface area contributed by atoms with Crippen LogP contribution in [0.1, 0.15) is 44.0 Å². The largest absolute Gasteiger partial charge is 0.464 e. The van der Waals surface area contributed by atoms with Crippen LogP contribution < -0.4 is 0 Å². The van der Waals surface area contributed by atoms with Gasteiger partial charge in [0.1, 0.15) is 11.4 Å². The molecule has 0 spiro atoms. The van der Waals surface area contributed by atoms with Crippen LogP contribution in [0.15, 0.2) is 66.7 Å². The Kier molecular flexibility index (Phi) is 15.4. The third-order valence-electron chi connectivity index (χ3n) is 6.76. The summed E-state index contributed by atoms with van der Waals surface area (Å²) < 4.78 is 21.2. The molecule has 0 saturated heterocycles. The van der Waals surface area contributed by atoms with Crippen molar-refractivity contribution in [2.45, 2.75) is 12.6 Å². The van der Waals surface area contributed by atoms with E-state index >= 15 is 0 Å². The number of nitrogens with zero attached hydrogens (tertiary/aromatic N) is 4. The lowest BCUT2D eigenvalue weighted by Gasteiger charge is -2.31. The highest BCUT2D eigenvalue weighted by Gasteiger charge is 2.24. The summed E-state index contributed by atoms with van der Waals surface area (Å²) in [5, 5.41) is 19.3. The Labute approximate surface area is 258 Å². The number of ether oxygens (including phenoxy) is 4. The lowest BCUT2D eigenvalue weighted by molar-refractivity contribution is 0.0245. The quantitative estimate of drug-likeness (QED) is 0.143. The molecule has 1 atom stereocenters. The standard InChI is InChI=1S/C32H42N4O8/c1-41-31(39)28-12-6-10-26(33-28)24-35(14-18-37)16-20-43-22-23-44-21-17-36(15-19-38)30(25-8-4-3-5-9-25)27-11-7-13-29(34-27)32(40)42-2/h3-13,30,37-38H,14-24H2,1-2H3. The maximum absolute atomic E-state index is 12.1. The van der Waals surface area contributed by atoms with Gasteiger partial charge in [-0.05, 0) is 29.8 Å². The van der Waals surface area contributed by atoms with Gasteiger partial charge in [-0.2, -0.15) is 0 Å². The molecule has 0 bridgehead atoms. The molecule has 0 aliphatic heterocycles. The number of esters is 2. The summed E-state index contributed by atoms with van der Waals surface area (Å²) in [7, 11) is 2.63. The maximum atomic E-state index is 12.1. The van der Waals surface area contributed by atoms with Gasteiger partial charge in [0.05, 0.1) is 71.3 Å². The molecule has 0 radical (unpaired) electrons. The fourth-order valence-electron chi connectivity index (χ4n) is 4.65. The molecule has 2 heterocycles. The highest BCUT2D eigenvalue weighted by atomic mass is 16.5. The number of aliphatic hydroxyl groups excluding tert-OH is 2. The van der Waals surface area contributed by atoms with E-state index in [1.807, 2.05) is 47.4 Å². The first kappa shape index (κ1) is 34.7. The summed E-state index contributed by atoms with van der Waals surface area (Å²) in [6, 6.07) is 19.9. The first-order chi connectivity index (χ1) is 21.5. The Bertz CT molecular complexity index is 1280. The number of pyridine rings is 2. The van der Waals surface area contributed by atoms with Crippen LogP contribution in [0, 0.1) is 0 Å². The summed E-state index contributed by atoms with van der Waals surface area (Å²) in [5.41, 5.74) is 2.78. The van der Waals surface area contributed by atoms with Crippen LogP contribution in [0.5, 0.6) is 0 Å². The Morgan fingerprint density at radius 1 is 0.705 bits per heavy atom. The van der Waals surface area contributed by atoms with Crippen molar-refractivity contribution in [3.8, 4) is 0 Å². The summed E-state index contributed by atoms with van der Waals surface area (Å²) in [5.74, 6) is -1.01. The van der Waals surface area contributed by atoms with Crippen molar-refractivity contribution >= 4 is 11.9 Å². The summed E-state index contributed by atoms with van der Waals surface area (Å²) in [6.45, 7) is 3.83. The third-order valence-corrected chi connectivity index (χ3v) is 6.76. The molecular weight excluding hydrogens is 568 g/mol. The van der Waals surface area contributed by atoms with E-state index in [2.05, 4.69) is 14.9 Å². The minimum absolute atomic E-state index is 0.0172. The van der Waals surface area contributed by atoms with E-state index in [-0.39, 0.29) is 30.6 Å². The lowest BCUT2D eigenvalue weighted by atomic mass is 10.0. The SMILES string of the molecule is COC(=O)c1cccc(CN(CCO)CCOCCOCCN(CCO)C(c2ccccc2)c2cccc(C(=O)OC)n2)n1. The Balaban J connectivity index is 1.49. The van der Waals surface area contributed by atoms with Crippen LogP contribution in [0.2, 0.25) is 0 Å². The summed E-state index contributed by atoms with van der Waals surface area (Å²) in [4.78, 5) is 36.9. The Morgan fingerprint density at radius 3 is 1.95 bits per heavy atom. The van der Waals surface area contributed by atoms with Gasteiger partial charge in [0.15, 0.2) is 0 Å². The van der Waals surface area contributed by atoms with E-state index in [1.165, 1.54) is 14.2 Å². The molecule has 12 nitrogen and oxygen atoms in total. The van der Waals surface area contributed by atoms with Crippen LogP contribution >= 0.6 is 0 Å². The molecule has 0 amide bonds. The number of carbonyl (C=O) groups excluding carboxylic acids is 2. The Hall–Kier alpha value is -3.78. The molecule has 0 saturated carbocycles. The molecule has 2 aromatic heterocycles. The molecule has 238 valence electrons. The van der Waals surface area contributed by atoms with Gasteiger partial charge < -0.3 is 29.2 Å². The molecule has 0 fully saturated rings. The fourth-order valence-corrected chi connectivity index (χ4v) is 4.65. The first-order valence-corrected chi connectivity index (χ1v) is 14.5. The van der Waals surface area contributed by atoms with Crippen LogP contribution in [0.3, 0.4) is 0 Å². The molecule has 3 aromatic rings. The van der Waals surface area contributed by atoms with Crippen molar-refractivity contribution in [3.05, 3.63) is 95.1 Å². The molecule has 0 aliphatic carbocycles. The Morgan fingerprint density at radius 2 is 1.32 bits per heavy atom. The number of rotatable bonds is 20. The van der Waals surface area contributed by atoms with E-state index in [0.29, 0.717) is 70.5 Å². The van der Waals surface area contributed by atoms with Crippen molar-refractivity contribution < 1.29 is 38.7 Å². The van der Waals surface area contributed by atoms with Crippen LogP contribution in [-0.4, -0.2) is 122 Å². The van der Waals surface area contributed by atoms with Crippen LogP contribution in [0.4, 0.5) is 0 Å². The molecule has 1 aromatic carbocycles. The molecule has 3 rings (SSSR count). The average Bonchev–Trinajstić information content (AvgIpc) is 3.06. The predicted molar refractivity (Wildman–Crippen MR) is 162 cm³/mol. The third kappa shape index (κ3) is 11.1. The van der Waals surface area contributed by atoms with Crippen LogP contribution in [0.25, 0.3) is 0 Å². The second-order valence-corrected chi connectivity index (χ2v) is 9.74. The van der Waals surface area contributed by atoms with Gasteiger partial charge in [-0.1, -0.05) is 42.5 Å². The number of hydrogen-bond acceptors (Lipinski definition) is 12. The van der Waals surface area contributed by atoms with Crippen molar-refractivity contribution in [3.63, 3.8) is 0 Å². The smallest absolute Gasteiger partial charge is 0.356 e. The topological polar surface area (TPSA) is 144 Å². The van der Waals surface area contributed by atoms with E-state index < -0.39 is 11.9 Å². The molecule has 2 N–H and O–H groups in total. The number of carbonyl (C=O) groups is 2. The minimum Gasteiger partial charge on any atom is -0.464 e. The molecule has 1 unspecified atom stereocenters. The zero-order chi connectivity index (χ0) is 31.6. The highest BCUT2D eigenvalue weighted by Crippen LogP contribution is 2.27. The molecule has 44 heavy (non-hydrogen) atoms. The van der Waals surface area contributed by atoms with Gasteiger partial charge in [-0.15, -0.1) is 0 Å². The fraction of sp³-hybridized carbons (Fsp3) is 0.438. The number of benzene rings is 1. The number of methoxy groups -OCH3 is 2. The molecule has 12 heteroatoms. The zero-order valence-corrected chi connectivity index (χ0v) is 25.3. The molecule has 0 aliphatic rings. The lowest BCUT2D eigenvalue weighted by Crippen LogP contribution is -2.36. The van der Waals surface area contributed by atoms with E-state index in [4.69, 9.17) is 18.9 Å². The van der Waals surface area contributed by atoms with Crippen LogP contribution in [-0.2, 0) is 25.5 Å². The summed E-state index contributed by atoms with van der Waals surface area (Å²) >= 11 is 0. The van der Waals surface area contributed by atoms with Crippen molar-refractivity contribution in [2.75, 3.05) is 80.0 Å².